The summed E-state index contributed by atoms with van der Waals surface area (Å²) in [4.78, 5) is 38.0. The first-order valence-electron chi connectivity index (χ1n) is 10.5. The van der Waals surface area contributed by atoms with Gasteiger partial charge in [-0.25, -0.2) is 18.0 Å². The molecule has 0 aromatic carbocycles. The summed E-state index contributed by atoms with van der Waals surface area (Å²) < 4.78 is 37.2. The summed E-state index contributed by atoms with van der Waals surface area (Å²) >= 11 is 2.13. The van der Waals surface area contributed by atoms with Gasteiger partial charge in [0.2, 0.25) is 5.91 Å². The molecule has 12 heteroatoms. The van der Waals surface area contributed by atoms with Crippen molar-refractivity contribution in [2.24, 2.45) is 5.92 Å². The lowest BCUT2D eigenvalue weighted by Crippen LogP contribution is -2.41. The van der Waals surface area contributed by atoms with Gasteiger partial charge in [-0.05, 0) is 50.6 Å². The van der Waals surface area contributed by atoms with Crippen molar-refractivity contribution in [3.05, 3.63) is 33.5 Å². The Labute approximate surface area is 200 Å². The van der Waals surface area contributed by atoms with Crippen LogP contribution in [-0.2, 0) is 24.3 Å². The lowest BCUT2D eigenvalue weighted by Gasteiger charge is -2.30. The number of sulfonamides is 1. The third-order valence-corrected chi connectivity index (χ3v) is 9.70. The van der Waals surface area contributed by atoms with Gasteiger partial charge in [0, 0.05) is 19.0 Å². The van der Waals surface area contributed by atoms with Crippen molar-refractivity contribution < 1.29 is 32.3 Å². The molecule has 1 saturated heterocycles. The molecule has 1 N–H and O–H groups in total. The molecule has 3 heterocycles. The second kappa shape index (κ2) is 10.8. The quantitative estimate of drug-likeness (QED) is 0.536. The number of carbonyl (C=O) groups excluding carboxylic acids is 3. The third-order valence-electron chi connectivity index (χ3n) is 5.24. The van der Waals surface area contributed by atoms with E-state index in [9.17, 15) is 22.8 Å². The highest BCUT2D eigenvalue weighted by atomic mass is 32.2. The van der Waals surface area contributed by atoms with E-state index >= 15 is 0 Å². The highest BCUT2D eigenvalue weighted by Gasteiger charge is 2.34. The summed E-state index contributed by atoms with van der Waals surface area (Å²) in [6.45, 7) is 5.73. The normalized spacial score (nSPS) is 15.2. The predicted octanol–water partition coefficient (Wildman–Crippen LogP) is 3.51. The van der Waals surface area contributed by atoms with Crippen molar-refractivity contribution in [3.63, 3.8) is 0 Å². The molecule has 180 valence electrons. The van der Waals surface area contributed by atoms with Gasteiger partial charge in [-0.2, -0.15) is 4.31 Å². The van der Waals surface area contributed by atoms with Gasteiger partial charge >= 0.3 is 11.9 Å². The first kappa shape index (κ1) is 25.3. The van der Waals surface area contributed by atoms with Gasteiger partial charge in [0.25, 0.3) is 10.0 Å². The van der Waals surface area contributed by atoms with Crippen molar-refractivity contribution in [1.82, 2.24) is 4.31 Å². The Bertz CT molecular complexity index is 1120. The predicted molar refractivity (Wildman–Crippen MR) is 125 cm³/mol. The smallest absolute Gasteiger partial charge is 0.348 e. The van der Waals surface area contributed by atoms with E-state index in [0.29, 0.717) is 18.4 Å². The minimum absolute atomic E-state index is 0.135. The van der Waals surface area contributed by atoms with Crippen LogP contribution in [0.15, 0.2) is 21.7 Å². The van der Waals surface area contributed by atoms with E-state index in [-0.39, 0.29) is 51.9 Å². The maximum Gasteiger partial charge on any atom is 0.348 e. The Hall–Kier alpha value is -2.28. The number of hydrogen-bond donors (Lipinski definition) is 1. The van der Waals surface area contributed by atoms with Crippen LogP contribution in [0.3, 0.4) is 0 Å². The lowest BCUT2D eigenvalue weighted by molar-refractivity contribution is -0.120. The van der Waals surface area contributed by atoms with Crippen LogP contribution in [0, 0.1) is 12.8 Å². The van der Waals surface area contributed by atoms with Gasteiger partial charge in [0.1, 0.15) is 14.1 Å². The van der Waals surface area contributed by atoms with E-state index < -0.39 is 27.9 Å². The number of amides is 1. The summed E-state index contributed by atoms with van der Waals surface area (Å²) in [6.07, 6.45) is 0.695. The Morgan fingerprint density at radius 3 is 2.33 bits per heavy atom. The second-order valence-corrected chi connectivity index (χ2v) is 11.4. The molecular formula is C21H26N2O7S3. The highest BCUT2D eigenvalue weighted by Crippen LogP contribution is 2.35. The average Bonchev–Trinajstić information content (AvgIpc) is 3.43. The second-order valence-electron chi connectivity index (χ2n) is 7.30. The molecule has 1 amide bonds. The van der Waals surface area contributed by atoms with Crippen LogP contribution in [0.2, 0.25) is 0 Å². The number of thiophene rings is 2. The molecule has 2 aromatic heterocycles. The van der Waals surface area contributed by atoms with Gasteiger partial charge in [-0.1, -0.05) is 6.07 Å². The third kappa shape index (κ3) is 5.45. The molecular weight excluding hydrogens is 488 g/mol. The topological polar surface area (TPSA) is 119 Å². The van der Waals surface area contributed by atoms with Crippen LogP contribution in [-0.4, -0.2) is 56.9 Å². The van der Waals surface area contributed by atoms with Crippen molar-refractivity contribution in [3.8, 4) is 0 Å². The molecule has 0 atom stereocenters. The van der Waals surface area contributed by atoms with Crippen LogP contribution in [0.25, 0.3) is 0 Å². The van der Waals surface area contributed by atoms with E-state index in [1.165, 1.54) is 4.31 Å². The van der Waals surface area contributed by atoms with Crippen molar-refractivity contribution >= 4 is 55.5 Å². The maximum absolute atomic E-state index is 13.0. The Kier molecular flexibility index (Phi) is 8.27. The summed E-state index contributed by atoms with van der Waals surface area (Å²) in [7, 11) is -3.56. The number of nitrogens with zero attached hydrogens (tertiary/aromatic N) is 1. The van der Waals surface area contributed by atoms with Crippen LogP contribution in [0.4, 0.5) is 5.00 Å². The summed E-state index contributed by atoms with van der Waals surface area (Å²) in [6, 6.07) is 3.25. The number of anilines is 1. The van der Waals surface area contributed by atoms with Crippen molar-refractivity contribution in [2.45, 2.75) is 37.8 Å². The molecule has 3 rings (SSSR count). The Balaban J connectivity index is 1.74. The van der Waals surface area contributed by atoms with Crippen molar-refractivity contribution in [1.29, 1.82) is 0 Å². The molecule has 9 nitrogen and oxygen atoms in total. The highest BCUT2D eigenvalue weighted by molar-refractivity contribution is 7.91. The first-order chi connectivity index (χ1) is 15.7. The standard InChI is InChI=1S/C21H26N2O7S3/c1-4-29-20(25)16-13(3)17(21(26)30-5-2)32-19(16)22-18(24)14-8-10-23(11-9-14)33(27,28)15-7-6-12-31-15/h6-7,12,14H,4-5,8-11H2,1-3H3,(H,22,24). The zero-order valence-corrected chi connectivity index (χ0v) is 21.0. The van der Waals surface area contributed by atoms with E-state index in [2.05, 4.69) is 5.32 Å². The molecule has 0 aliphatic carbocycles. The summed E-state index contributed by atoms with van der Waals surface area (Å²) in [5.41, 5.74) is 0.528. The van der Waals surface area contributed by atoms with Crippen LogP contribution in [0.1, 0.15) is 52.3 Å². The molecule has 2 aromatic rings. The first-order valence-corrected chi connectivity index (χ1v) is 13.7. The molecule has 0 bridgehead atoms. The van der Waals surface area contributed by atoms with E-state index in [1.54, 1.807) is 38.3 Å². The van der Waals surface area contributed by atoms with Crippen LogP contribution in [0.5, 0.6) is 0 Å². The minimum atomic E-state index is -3.56. The summed E-state index contributed by atoms with van der Waals surface area (Å²) in [5.74, 6) is -1.96. The number of rotatable bonds is 8. The van der Waals surface area contributed by atoms with Gasteiger partial charge < -0.3 is 14.8 Å². The number of hydrogen-bond acceptors (Lipinski definition) is 9. The molecule has 1 aliphatic heterocycles. The monoisotopic (exact) mass is 514 g/mol. The Morgan fingerprint density at radius 1 is 1.12 bits per heavy atom. The van der Waals surface area contributed by atoms with Gasteiger partial charge in [-0.15, -0.1) is 22.7 Å². The number of piperidine rings is 1. The molecule has 0 spiro atoms. The van der Waals surface area contributed by atoms with E-state index in [0.717, 1.165) is 22.7 Å². The fourth-order valence-electron chi connectivity index (χ4n) is 3.55. The molecule has 0 saturated carbocycles. The molecule has 1 fully saturated rings. The number of esters is 2. The molecule has 0 radical (unpaired) electrons. The molecule has 1 aliphatic rings. The molecule has 0 unspecified atom stereocenters. The number of ether oxygens (including phenoxy) is 2. The van der Waals surface area contributed by atoms with Crippen molar-refractivity contribution in [2.75, 3.05) is 31.6 Å². The van der Waals surface area contributed by atoms with Gasteiger partial charge in [0.05, 0.1) is 18.8 Å². The number of nitrogens with one attached hydrogen (secondary N) is 1. The number of carbonyl (C=O) groups is 3. The lowest BCUT2D eigenvalue weighted by atomic mass is 9.97. The average molecular weight is 515 g/mol. The van der Waals surface area contributed by atoms with E-state index in [1.807, 2.05) is 0 Å². The van der Waals surface area contributed by atoms with Crippen LogP contribution >= 0.6 is 22.7 Å². The Morgan fingerprint density at radius 2 is 1.76 bits per heavy atom. The van der Waals surface area contributed by atoms with Gasteiger partial charge in [0.15, 0.2) is 0 Å². The molecule has 33 heavy (non-hydrogen) atoms. The fourth-order valence-corrected chi connectivity index (χ4v) is 7.26. The fraction of sp³-hybridized carbons (Fsp3) is 0.476. The maximum atomic E-state index is 13.0. The SMILES string of the molecule is CCOC(=O)c1sc(NC(=O)C2CCN(S(=O)(=O)c3cccs3)CC2)c(C(=O)OCC)c1C. The van der Waals surface area contributed by atoms with E-state index in [4.69, 9.17) is 9.47 Å². The largest absolute Gasteiger partial charge is 0.462 e. The zero-order chi connectivity index (χ0) is 24.2. The zero-order valence-electron chi connectivity index (χ0n) is 18.6. The minimum Gasteiger partial charge on any atom is -0.462 e. The summed E-state index contributed by atoms with van der Waals surface area (Å²) in [5, 5.41) is 4.70. The van der Waals surface area contributed by atoms with Crippen LogP contribution < -0.4 is 5.32 Å². The van der Waals surface area contributed by atoms with Gasteiger partial charge in [-0.3, -0.25) is 4.79 Å².